The highest BCUT2D eigenvalue weighted by molar-refractivity contribution is 6.42. The van der Waals surface area contributed by atoms with Gasteiger partial charge >= 0.3 is 0 Å². The van der Waals surface area contributed by atoms with Crippen LogP contribution >= 0.6 is 23.2 Å². The molecule has 0 bridgehead atoms. The predicted molar refractivity (Wildman–Crippen MR) is 81.8 cm³/mol. The summed E-state index contributed by atoms with van der Waals surface area (Å²) in [5.74, 6) is 0.988. The molecule has 0 spiro atoms. The van der Waals surface area contributed by atoms with E-state index < -0.39 is 0 Å². The summed E-state index contributed by atoms with van der Waals surface area (Å²) in [6.07, 6.45) is 1.00. The van der Waals surface area contributed by atoms with Crippen molar-refractivity contribution >= 4 is 29.0 Å². The lowest BCUT2D eigenvalue weighted by Crippen LogP contribution is -1.98. The van der Waals surface area contributed by atoms with Gasteiger partial charge < -0.3 is 5.73 Å². The molecule has 2 rings (SSSR count). The minimum atomic E-state index is 0.341. The summed E-state index contributed by atoms with van der Waals surface area (Å²) in [5.41, 5.74) is 9.05. The van der Waals surface area contributed by atoms with Crippen LogP contribution in [0, 0.1) is 0 Å². The summed E-state index contributed by atoms with van der Waals surface area (Å²) in [6.45, 7) is 4.27. The molecule has 19 heavy (non-hydrogen) atoms. The Morgan fingerprint density at radius 3 is 2.58 bits per heavy atom. The number of nitrogens with zero attached hydrogens (tertiary/aromatic N) is 2. The SMILES string of the molecule is CCC(C)c1nn(C)c(N)c1-c1ccc(Cl)c(Cl)c1. The van der Waals surface area contributed by atoms with Crippen molar-refractivity contribution in [2.24, 2.45) is 7.05 Å². The molecule has 2 N–H and O–H groups in total. The number of rotatable bonds is 3. The van der Waals surface area contributed by atoms with Crippen molar-refractivity contribution in [3.8, 4) is 11.1 Å². The molecule has 1 unspecified atom stereocenters. The number of anilines is 1. The number of halogens is 2. The minimum absolute atomic E-state index is 0.341. The van der Waals surface area contributed by atoms with Crippen LogP contribution in [0.4, 0.5) is 5.82 Å². The van der Waals surface area contributed by atoms with Crippen molar-refractivity contribution in [2.45, 2.75) is 26.2 Å². The molecule has 1 heterocycles. The molecule has 0 fully saturated rings. The fourth-order valence-electron chi connectivity index (χ4n) is 2.04. The van der Waals surface area contributed by atoms with Crippen LogP contribution in [0.2, 0.25) is 10.0 Å². The van der Waals surface area contributed by atoms with Crippen LogP contribution < -0.4 is 5.73 Å². The molecular weight excluding hydrogens is 281 g/mol. The lowest BCUT2D eigenvalue weighted by molar-refractivity contribution is 0.668. The second-order valence-corrected chi connectivity index (χ2v) is 5.52. The summed E-state index contributed by atoms with van der Waals surface area (Å²) in [4.78, 5) is 0. The van der Waals surface area contributed by atoms with Crippen LogP contribution in [0.5, 0.6) is 0 Å². The molecule has 0 aliphatic rings. The Balaban J connectivity index is 2.63. The number of aromatic nitrogens is 2. The second-order valence-electron chi connectivity index (χ2n) is 4.71. The maximum atomic E-state index is 6.14. The Labute approximate surface area is 123 Å². The van der Waals surface area contributed by atoms with Gasteiger partial charge in [-0.1, -0.05) is 43.1 Å². The molecule has 1 aromatic heterocycles. The average molecular weight is 298 g/mol. The topological polar surface area (TPSA) is 43.8 Å². The van der Waals surface area contributed by atoms with E-state index in [1.807, 2.05) is 19.2 Å². The van der Waals surface area contributed by atoms with E-state index in [1.54, 1.807) is 10.7 Å². The Hall–Kier alpha value is -1.19. The number of nitrogens with two attached hydrogens (primary N) is 1. The van der Waals surface area contributed by atoms with E-state index in [4.69, 9.17) is 28.9 Å². The van der Waals surface area contributed by atoms with Crippen molar-refractivity contribution in [3.63, 3.8) is 0 Å². The summed E-state index contributed by atoms with van der Waals surface area (Å²) in [7, 11) is 1.85. The number of benzene rings is 1. The quantitative estimate of drug-likeness (QED) is 0.907. The number of hydrogen-bond donors (Lipinski definition) is 1. The molecule has 0 amide bonds. The molecule has 5 heteroatoms. The van der Waals surface area contributed by atoms with Crippen LogP contribution in [0.3, 0.4) is 0 Å². The van der Waals surface area contributed by atoms with Gasteiger partial charge in [-0.05, 0) is 24.1 Å². The largest absolute Gasteiger partial charge is 0.383 e. The highest BCUT2D eigenvalue weighted by atomic mass is 35.5. The highest BCUT2D eigenvalue weighted by Crippen LogP contribution is 2.37. The molecule has 0 radical (unpaired) electrons. The predicted octanol–water partition coefficient (Wildman–Crippen LogP) is 4.49. The third-order valence-corrected chi connectivity index (χ3v) is 4.15. The van der Waals surface area contributed by atoms with Gasteiger partial charge in [0.25, 0.3) is 0 Å². The van der Waals surface area contributed by atoms with Crippen LogP contribution in [0.25, 0.3) is 11.1 Å². The first-order valence-corrected chi connectivity index (χ1v) is 6.99. The monoisotopic (exact) mass is 297 g/mol. The van der Waals surface area contributed by atoms with E-state index in [0.29, 0.717) is 21.8 Å². The van der Waals surface area contributed by atoms with Crippen molar-refractivity contribution in [1.29, 1.82) is 0 Å². The first kappa shape index (κ1) is 14.2. The average Bonchev–Trinajstić information content (AvgIpc) is 2.68. The Kier molecular flexibility index (Phi) is 4.07. The van der Waals surface area contributed by atoms with Crippen LogP contribution in [0.1, 0.15) is 31.9 Å². The number of aryl methyl sites for hydroxylation is 1. The smallest absolute Gasteiger partial charge is 0.129 e. The Morgan fingerprint density at radius 1 is 1.32 bits per heavy atom. The van der Waals surface area contributed by atoms with Crippen LogP contribution in [-0.4, -0.2) is 9.78 Å². The molecule has 0 saturated carbocycles. The van der Waals surface area contributed by atoms with Gasteiger partial charge in [-0.2, -0.15) is 5.10 Å². The van der Waals surface area contributed by atoms with E-state index in [2.05, 4.69) is 18.9 Å². The third kappa shape index (κ3) is 2.58. The molecule has 1 atom stereocenters. The zero-order valence-electron chi connectivity index (χ0n) is 11.2. The van der Waals surface area contributed by atoms with Gasteiger partial charge in [0, 0.05) is 18.5 Å². The van der Waals surface area contributed by atoms with Gasteiger partial charge in [0.1, 0.15) is 5.82 Å². The third-order valence-electron chi connectivity index (χ3n) is 3.41. The van der Waals surface area contributed by atoms with Gasteiger partial charge in [-0.3, -0.25) is 4.68 Å². The second kappa shape index (κ2) is 5.43. The minimum Gasteiger partial charge on any atom is -0.383 e. The number of nitrogen functional groups attached to an aromatic ring is 1. The molecule has 2 aromatic rings. The van der Waals surface area contributed by atoms with Crippen molar-refractivity contribution in [2.75, 3.05) is 5.73 Å². The Morgan fingerprint density at radius 2 is 2.00 bits per heavy atom. The van der Waals surface area contributed by atoms with Crippen LogP contribution in [0.15, 0.2) is 18.2 Å². The van der Waals surface area contributed by atoms with Gasteiger partial charge in [0.2, 0.25) is 0 Å². The summed E-state index contributed by atoms with van der Waals surface area (Å²) < 4.78 is 1.71. The van der Waals surface area contributed by atoms with Gasteiger partial charge in [0.15, 0.2) is 0 Å². The first-order chi connectivity index (χ1) is 8.95. The van der Waals surface area contributed by atoms with E-state index in [0.717, 1.165) is 23.2 Å². The molecule has 0 aliphatic carbocycles. The standard InChI is InChI=1S/C14H17Cl2N3/c1-4-8(2)13-12(14(17)19(3)18-13)9-5-6-10(15)11(16)7-9/h5-8H,4,17H2,1-3H3. The van der Waals surface area contributed by atoms with Gasteiger partial charge in [-0.15, -0.1) is 0 Å². The highest BCUT2D eigenvalue weighted by Gasteiger charge is 2.20. The molecule has 0 saturated heterocycles. The van der Waals surface area contributed by atoms with Gasteiger partial charge in [0.05, 0.1) is 15.7 Å². The Bertz CT molecular complexity index is 605. The van der Waals surface area contributed by atoms with E-state index in [9.17, 15) is 0 Å². The molecule has 1 aromatic carbocycles. The van der Waals surface area contributed by atoms with E-state index in [1.165, 1.54) is 0 Å². The van der Waals surface area contributed by atoms with Gasteiger partial charge in [-0.25, -0.2) is 0 Å². The van der Waals surface area contributed by atoms with E-state index in [-0.39, 0.29) is 0 Å². The maximum absolute atomic E-state index is 6.14. The first-order valence-electron chi connectivity index (χ1n) is 6.23. The maximum Gasteiger partial charge on any atom is 0.129 e. The molecule has 3 nitrogen and oxygen atoms in total. The molecule has 102 valence electrons. The van der Waals surface area contributed by atoms with Crippen molar-refractivity contribution < 1.29 is 0 Å². The lowest BCUT2D eigenvalue weighted by atomic mass is 9.96. The summed E-state index contributed by atoms with van der Waals surface area (Å²) in [6, 6.07) is 5.54. The number of hydrogen-bond acceptors (Lipinski definition) is 2. The van der Waals surface area contributed by atoms with Crippen molar-refractivity contribution in [3.05, 3.63) is 33.9 Å². The molecular formula is C14H17Cl2N3. The fraction of sp³-hybridized carbons (Fsp3) is 0.357. The summed E-state index contributed by atoms with van der Waals surface area (Å²) in [5, 5.41) is 5.59. The summed E-state index contributed by atoms with van der Waals surface area (Å²) >= 11 is 12.0. The zero-order valence-corrected chi connectivity index (χ0v) is 12.8. The van der Waals surface area contributed by atoms with Crippen LogP contribution in [-0.2, 0) is 7.05 Å². The van der Waals surface area contributed by atoms with Crippen molar-refractivity contribution in [1.82, 2.24) is 9.78 Å². The zero-order chi connectivity index (χ0) is 14.2. The fourth-order valence-corrected chi connectivity index (χ4v) is 2.34. The van der Waals surface area contributed by atoms with E-state index >= 15 is 0 Å². The normalized spacial score (nSPS) is 12.7. The molecule has 0 aliphatic heterocycles. The lowest BCUT2D eigenvalue weighted by Gasteiger charge is -2.09.